The maximum atomic E-state index is 6.03. The minimum atomic E-state index is 0.720. The maximum Gasteiger partial charge on any atom is 0.0798 e. The van der Waals surface area contributed by atoms with Crippen molar-refractivity contribution in [3.8, 4) is 0 Å². The molecule has 0 radical (unpaired) electrons. The standard InChI is InChI=1S/C15H20N4.CH3N/c1-10-4-6-14(12(16)8-10)18-19(3)15-7-5-11(2)9-13(15)17;1-2/h4-9,18H,16-17H2,1-3H3;2H,1H2. The van der Waals surface area contributed by atoms with Crippen LogP contribution >= 0.6 is 0 Å². The van der Waals surface area contributed by atoms with Crippen LogP contribution in [0.25, 0.3) is 0 Å². The van der Waals surface area contributed by atoms with Gasteiger partial charge < -0.3 is 16.9 Å². The lowest BCUT2D eigenvalue weighted by Gasteiger charge is -2.24. The minimum Gasteiger partial charge on any atom is -0.397 e. The Kier molecular flexibility index (Phi) is 5.60. The lowest BCUT2D eigenvalue weighted by molar-refractivity contribution is 1.09. The molecule has 2 aromatic rings. The third-order valence-corrected chi connectivity index (χ3v) is 3.04. The summed E-state index contributed by atoms with van der Waals surface area (Å²) in [5.74, 6) is 0. The molecular weight excluding hydrogens is 262 g/mol. The SMILES string of the molecule is C=N.Cc1ccc(NN(C)c2ccc(C)cc2N)c(N)c1. The van der Waals surface area contributed by atoms with E-state index in [-0.39, 0.29) is 0 Å². The zero-order valence-corrected chi connectivity index (χ0v) is 12.8. The van der Waals surface area contributed by atoms with Gasteiger partial charge in [0.2, 0.25) is 0 Å². The van der Waals surface area contributed by atoms with Crippen LogP contribution in [0.1, 0.15) is 11.1 Å². The summed E-state index contributed by atoms with van der Waals surface area (Å²) in [6.45, 7) is 6.54. The summed E-state index contributed by atoms with van der Waals surface area (Å²) in [7, 11) is 1.92. The molecule has 0 saturated carbocycles. The van der Waals surface area contributed by atoms with Crippen molar-refractivity contribution < 1.29 is 0 Å². The lowest BCUT2D eigenvalue weighted by Crippen LogP contribution is -2.26. The number of rotatable bonds is 3. The Labute approximate surface area is 126 Å². The molecular formula is C16H23N5. The molecule has 0 bridgehead atoms. The fraction of sp³-hybridized carbons (Fsp3) is 0.188. The third-order valence-electron chi connectivity index (χ3n) is 3.04. The Morgan fingerprint density at radius 2 is 1.48 bits per heavy atom. The van der Waals surface area contributed by atoms with E-state index in [1.54, 1.807) is 0 Å². The lowest BCUT2D eigenvalue weighted by atomic mass is 10.2. The summed E-state index contributed by atoms with van der Waals surface area (Å²) in [5, 5.41) is 7.37. The van der Waals surface area contributed by atoms with Crippen LogP contribution in [0.5, 0.6) is 0 Å². The number of aryl methyl sites for hydroxylation is 2. The molecule has 2 rings (SSSR count). The molecule has 0 fully saturated rings. The van der Waals surface area contributed by atoms with Gasteiger partial charge in [-0.2, -0.15) is 0 Å². The molecule has 21 heavy (non-hydrogen) atoms. The van der Waals surface area contributed by atoms with Gasteiger partial charge in [0.15, 0.2) is 0 Å². The molecule has 0 amide bonds. The highest BCUT2D eigenvalue weighted by atomic mass is 15.5. The van der Waals surface area contributed by atoms with Crippen LogP contribution in [-0.2, 0) is 0 Å². The fourth-order valence-corrected chi connectivity index (χ4v) is 2.00. The Balaban J connectivity index is 0.00000106. The molecule has 5 heteroatoms. The van der Waals surface area contributed by atoms with Crippen LogP contribution in [0.3, 0.4) is 0 Å². The van der Waals surface area contributed by atoms with Gasteiger partial charge in [0.25, 0.3) is 0 Å². The molecule has 6 N–H and O–H groups in total. The van der Waals surface area contributed by atoms with E-state index in [0.29, 0.717) is 0 Å². The number of anilines is 4. The molecule has 0 atom stereocenters. The molecule has 2 aromatic carbocycles. The number of nitrogens with one attached hydrogen (secondary N) is 2. The fourth-order valence-electron chi connectivity index (χ4n) is 2.00. The van der Waals surface area contributed by atoms with Crippen molar-refractivity contribution in [2.45, 2.75) is 13.8 Å². The highest BCUT2D eigenvalue weighted by Crippen LogP contribution is 2.26. The second-order valence-electron chi connectivity index (χ2n) is 4.82. The number of nitrogen functional groups attached to an aromatic ring is 2. The van der Waals surface area contributed by atoms with E-state index >= 15 is 0 Å². The molecule has 0 unspecified atom stereocenters. The van der Waals surface area contributed by atoms with E-state index in [0.717, 1.165) is 33.9 Å². The summed E-state index contributed by atoms with van der Waals surface area (Å²) in [4.78, 5) is 0. The first-order valence-corrected chi connectivity index (χ1v) is 6.55. The molecule has 0 aliphatic rings. The van der Waals surface area contributed by atoms with Crippen molar-refractivity contribution in [1.29, 1.82) is 5.41 Å². The highest BCUT2D eigenvalue weighted by Gasteiger charge is 2.07. The molecule has 112 valence electrons. The Morgan fingerprint density at radius 3 is 2.00 bits per heavy atom. The van der Waals surface area contributed by atoms with Gasteiger partial charge in [0.05, 0.1) is 22.7 Å². The van der Waals surface area contributed by atoms with Crippen LogP contribution in [-0.4, -0.2) is 13.8 Å². The minimum absolute atomic E-state index is 0.720. The Morgan fingerprint density at radius 1 is 0.952 bits per heavy atom. The molecule has 0 aromatic heterocycles. The van der Waals surface area contributed by atoms with Crippen molar-refractivity contribution in [1.82, 2.24) is 0 Å². The van der Waals surface area contributed by atoms with Crippen LogP contribution in [0, 0.1) is 19.3 Å². The average Bonchev–Trinajstić information content (AvgIpc) is 2.44. The van der Waals surface area contributed by atoms with Gasteiger partial charge >= 0.3 is 0 Å². The smallest absolute Gasteiger partial charge is 0.0798 e. The number of benzene rings is 2. The molecule has 0 heterocycles. The van der Waals surface area contributed by atoms with Crippen LogP contribution in [0.2, 0.25) is 0 Å². The molecule has 0 aliphatic heterocycles. The van der Waals surface area contributed by atoms with Gasteiger partial charge in [-0.25, -0.2) is 0 Å². The van der Waals surface area contributed by atoms with Gasteiger partial charge in [-0.05, 0) is 56.0 Å². The van der Waals surface area contributed by atoms with Gasteiger partial charge in [-0.3, -0.25) is 10.4 Å². The van der Waals surface area contributed by atoms with Gasteiger partial charge in [-0.1, -0.05) is 12.1 Å². The van der Waals surface area contributed by atoms with E-state index in [9.17, 15) is 0 Å². The number of nitrogens with zero attached hydrogens (tertiary/aromatic N) is 1. The number of hydrazine groups is 1. The topological polar surface area (TPSA) is 91.2 Å². The van der Waals surface area contributed by atoms with Crippen molar-refractivity contribution in [2.75, 3.05) is 28.9 Å². The summed E-state index contributed by atoms with van der Waals surface area (Å²) < 4.78 is 0. The number of nitrogens with two attached hydrogens (primary N) is 2. The van der Waals surface area contributed by atoms with E-state index in [1.165, 1.54) is 0 Å². The summed E-state index contributed by atoms with van der Waals surface area (Å²) in [6, 6.07) is 11.9. The van der Waals surface area contributed by atoms with E-state index < -0.39 is 0 Å². The first-order valence-electron chi connectivity index (χ1n) is 6.55. The van der Waals surface area contributed by atoms with Gasteiger partial charge in [-0.15, -0.1) is 0 Å². The van der Waals surface area contributed by atoms with Crippen molar-refractivity contribution in [2.24, 2.45) is 0 Å². The Hall–Kier alpha value is -2.69. The predicted molar refractivity (Wildman–Crippen MR) is 93.0 cm³/mol. The first kappa shape index (κ1) is 16.4. The zero-order valence-electron chi connectivity index (χ0n) is 12.8. The molecule has 0 aliphatic carbocycles. The first-order chi connectivity index (χ1) is 9.97. The predicted octanol–water partition coefficient (Wildman–Crippen LogP) is 3.20. The van der Waals surface area contributed by atoms with Crippen molar-refractivity contribution in [3.05, 3.63) is 47.5 Å². The van der Waals surface area contributed by atoms with Crippen molar-refractivity contribution in [3.63, 3.8) is 0 Å². The average molecular weight is 285 g/mol. The van der Waals surface area contributed by atoms with Gasteiger partial charge in [0, 0.05) is 7.05 Å². The maximum absolute atomic E-state index is 6.03. The molecule has 0 saturated heterocycles. The summed E-state index contributed by atoms with van der Waals surface area (Å²) in [6.07, 6.45) is 0. The summed E-state index contributed by atoms with van der Waals surface area (Å²) in [5.41, 5.74) is 20.8. The number of hydrogen-bond acceptors (Lipinski definition) is 5. The zero-order chi connectivity index (χ0) is 16.0. The monoisotopic (exact) mass is 285 g/mol. The van der Waals surface area contributed by atoms with Gasteiger partial charge in [0.1, 0.15) is 0 Å². The Bertz CT molecular complexity index is 610. The summed E-state index contributed by atoms with van der Waals surface area (Å²) >= 11 is 0. The highest BCUT2D eigenvalue weighted by molar-refractivity contribution is 5.74. The third kappa shape index (κ3) is 4.14. The number of hydrogen-bond donors (Lipinski definition) is 4. The van der Waals surface area contributed by atoms with Crippen LogP contribution in [0.15, 0.2) is 36.4 Å². The van der Waals surface area contributed by atoms with Crippen molar-refractivity contribution >= 4 is 29.5 Å². The van der Waals surface area contributed by atoms with Crippen LogP contribution in [0.4, 0.5) is 22.7 Å². The molecule has 0 spiro atoms. The van der Waals surface area contributed by atoms with E-state index in [4.69, 9.17) is 16.9 Å². The second-order valence-corrected chi connectivity index (χ2v) is 4.82. The van der Waals surface area contributed by atoms with E-state index in [2.05, 4.69) is 12.1 Å². The second kappa shape index (κ2) is 7.19. The largest absolute Gasteiger partial charge is 0.397 e. The van der Waals surface area contributed by atoms with E-state index in [1.807, 2.05) is 62.3 Å². The molecule has 5 nitrogen and oxygen atoms in total. The van der Waals surface area contributed by atoms with Crippen LogP contribution < -0.4 is 21.9 Å². The normalized spacial score (nSPS) is 9.48. The quantitative estimate of drug-likeness (QED) is 0.396.